The van der Waals surface area contributed by atoms with Crippen molar-refractivity contribution in [3.05, 3.63) is 36.0 Å². The summed E-state index contributed by atoms with van der Waals surface area (Å²) in [6.45, 7) is 3.72. The molecular weight excluding hydrogens is 220 g/mol. The van der Waals surface area contributed by atoms with Crippen LogP contribution in [0.2, 0.25) is 0 Å². The maximum Gasteiger partial charge on any atom is 0.319 e. The van der Waals surface area contributed by atoms with Crippen LogP contribution in [0.15, 0.2) is 28.9 Å². The van der Waals surface area contributed by atoms with E-state index in [1.54, 1.807) is 6.20 Å². The maximum absolute atomic E-state index is 11.6. The number of carbonyl (C=O) groups excluding carboxylic acids is 1. The van der Waals surface area contributed by atoms with Crippen molar-refractivity contribution < 1.29 is 9.21 Å². The van der Waals surface area contributed by atoms with Crippen LogP contribution in [-0.2, 0) is 0 Å². The van der Waals surface area contributed by atoms with Crippen LogP contribution in [0.3, 0.4) is 0 Å². The number of nitrogens with zero attached hydrogens (tertiary/aromatic N) is 1. The average molecular weight is 234 g/mol. The van der Waals surface area contributed by atoms with Gasteiger partial charge in [-0.25, -0.2) is 4.79 Å². The summed E-state index contributed by atoms with van der Waals surface area (Å²) in [5, 5.41) is 11.7. The van der Waals surface area contributed by atoms with Gasteiger partial charge in [-0.2, -0.15) is 5.10 Å². The number of rotatable bonds is 3. The molecule has 6 heteroatoms. The van der Waals surface area contributed by atoms with E-state index in [0.29, 0.717) is 5.69 Å². The highest BCUT2D eigenvalue weighted by molar-refractivity contribution is 5.89. The highest BCUT2D eigenvalue weighted by atomic mass is 16.3. The van der Waals surface area contributed by atoms with E-state index in [1.165, 1.54) is 6.20 Å². The van der Waals surface area contributed by atoms with Crippen LogP contribution in [-0.4, -0.2) is 16.2 Å². The lowest BCUT2D eigenvalue weighted by Gasteiger charge is -2.11. The second kappa shape index (κ2) is 4.73. The van der Waals surface area contributed by atoms with Crippen LogP contribution >= 0.6 is 0 Å². The predicted molar refractivity (Wildman–Crippen MR) is 62.6 cm³/mol. The molecule has 2 aromatic rings. The summed E-state index contributed by atoms with van der Waals surface area (Å²) >= 11 is 0. The van der Waals surface area contributed by atoms with E-state index in [-0.39, 0.29) is 12.1 Å². The lowest BCUT2D eigenvalue weighted by Crippen LogP contribution is -2.30. The number of aromatic nitrogens is 2. The third-order valence-electron chi connectivity index (χ3n) is 2.29. The number of anilines is 1. The van der Waals surface area contributed by atoms with Gasteiger partial charge in [0.1, 0.15) is 11.5 Å². The molecule has 0 aliphatic heterocycles. The maximum atomic E-state index is 11.6. The fourth-order valence-corrected chi connectivity index (χ4v) is 1.44. The first-order chi connectivity index (χ1) is 8.15. The normalized spacial score (nSPS) is 12.1. The van der Waals surface area contributed by atoms with Gasteiger partial charge in [-0.3, -0.25) is 5.10 Å². The molecule has 2 rings (SSSR count). The molecule has 0 radical (unpaired) electrons. The number of H-pyrrole nitrogens is 1. The van der Waals surface area contributed by atoms with Gasteiger partial charge >= 0.3 is 6.03 Å². The van der Waals surface area contributed by atoms with Gasteiger partial charge in [0.25, 0.3) is 0 Å². The van der Waals surface area contributed by atoms with Gasteiger partial charge in [-0.1, -0.05) is 0 Å². The highest BCUT2D eigenvalue weighted by Crippen LogP contribution is 2.15. The molecule has 6 nitrogen and oxygen atoms in total. The summed E-state index contributed by atoms with van der Waals surface area (Å²) in [6.07, 6.45) is 3.13. The molecule has 0 saturated carbocycles. The molecule has 0 unspecified atom stereocenters. The third kappa shape index (κ3) is 2.87. The minimum absolute atomic E-state index is 0.185. The standard InChI is InChI=1S/C11H14N4O2/c1-7-3-4-10(17-7)8(2)14-11(16)15-9-5-12-13-6-9/h3-6,8H,1-2H3,(H,12,13)(H2,14,15,16)/t8-/m0/s1. The number of urea groups is 1. The van der Waals surface area contributed by atoms with E-state index in [0.717, 1.165) is 11.5 Å². The molecule has 0 spiro atoms. The van der Waals surface area contributed by atoms with E-state index in [1.807, 2.05) is 26.0 Å². The zero-order valence-corrected chi connectivity index (χ0v) is 9.65. The molecule has 0 saturated heterocycles. The highest BCUT2D eigenvalue weighted by Gasteiger charge is 2.12. The number of aromatic amines is 1. The van der Waals surface area contributed by atoms with Crippen LogP contribution in [0, 0.1) is 6.92 Å². The van der Waals surface area contributed by atoms with Crippen molar-refractivity contribution in [1.29, 1.82) is 0 Å². The lowest BCUT2D eigenvalue weighted by molar-refractivity contribution is 0.247. The zero-order valence-electron chi connectivity index (χ0n) is 9.65. The zero-order chi connectivity index (χ0) is 12.3. The molecule has 0 bridgehead atoms. The molecule has 2 heterocycles. The summed E-state index contributed by atoms with van der Waals surface area (Å²) in [4.78, 5) is 11.6. The number of aryl methyl sites for hydroxylation is 1. The van der Waals surface area contributed by atoms with E-state index in [9.17, 15) is 4.79 Å². The molecule has 90 valence electrons. The molecule has 0 aliphatic rings. The van der Waals surface area contributed by atoms with Crippen molar-refractivity contribution >= 4 is 11.7 Å². The Morgan fingerprint density at radius 1 is 1.53 bits per heavy atom. The van der Waals surface area contributed by atoms with Crippen LogP contribution < -0.4 is 10.6 Å². The molecule has 0 fully saturated rings. The molecule has 0 aromatic carbocycles. The molecule has 3 N–H and O–H groups in total. The van der Waals surface area contributed by atoms with Crippen LogP contribution in [0.5, 0.6) is 0 Å². The quantitative estimate of drug-likeness (QED) is 0.761. The van der Waals surface area contributed by atoms with Crippen molar-refractivity contribution in [2.24, 2.45) is 0 Å². The van der Waals surface area contributed by atoms with E-state index < -0.39 is 0 Å². The molecular formula is C11H14N4O2. The SMILES string of the molecule is Cc1ccc([C@H](C)NC(=O)Nc2cn[nH]c2)o1. The van der Waals surface area contributed by atoms with Crippen molar-refractivity contribution in [3.63, 3.8) is 0 Å². The van der Waals surface area contributed by atoms with Gasteiger partial charge in [0.15, 0.2) is 0 Å². The van der Waals surface area contributed by atoms with Gasteiger partial charge in [0.05, 0.1) is 17.9 Å². The summed E-state index contributed by atoms with van der Waals surface area (Å²) in [6, 6.07) is 3.23. The molecule has 0 aliphatic carbocycles. The summed E-state index contributed by atoms with van der Waals surface area (Å²) < 4.78 is 5.42. The summed E-state index contributed by atoms with van der Waals surface area (Å²) in [5.41, 5.74) is 0.616. The van der Waals surface area contributed by atoms with Crippen molar-refractivity contribution in [2.45, 2.75) is 19.9 Å². The fourth-order valence-electron chi connectivity index (χ4n) is 1.44. The second-order valence-electron chi connectivity index (χ2n) is 3.76. The number of carbonyl (C=O) groups is 1. The Morgan fingerprint density at radius 2 is 2.35 bits per heavy atom. The minimum Gasteiger partial charge on any atom is -0.464 e. The summed E-state index contributed by atoms with van der Waals surface area (Å²) in [5.74, 6) is 1.55. The number of amides is 2. The number of hydrogen-bond acceptors (Lipinski definition) is 3. The topological polar surface area (TPSA) is 83.0 Å². The van der Waals surface area contributed by atoms with Crippen LogP contribution in [0.4, 0.5) is 10.5 Å². The van der Waals surface area contributed by atoms with Crippen LogP contribution in [0.1, 0.15) is 24.5 Å². The molecule has 2 amide bonds. The predicted octanol–water partition coefficient (Wildman–Crippen LogP) is 2.19. The van der Waals surface area contributed by atoms with E-state index >= 15 is 0 Å². The first-order valence-electron chi connectivity index (χ1n) is 5.28. The summed E-state index contributed by atoms with van der Waals surface area (Å²) in [7, 11) is 0. The van der Waals surface area contributed by atoms with Gasteiger partial charge in [0, 0.05) is 6.20 Å². The monoisotopic (exact) mass is 234 g/mol. The van der Waals surface area contributed by atoms with Gasteiger partial charge < -0.3 is 15.1 Å². The molecule has 17 heavy (non-hydrogen) atoms. The number of nitrogens with one attached hydrogen (secondary N) is 3. The third-order valence-corrected chi connectivity index (χ3v) is 2.29. The van der Waals surface area contributed by atoms with Crippen molar-refractivity contribution in [3.8, 4) is 0 Å². The van der Waals surface area contributed by atoms with Gasteiger partial charge in [-0.15, -0.1) is 0 Å². The Morgan fingerprint density at radius 3 is 2.94 bits per heavy atom. The number of furan rings is 1. The minimum atomic E-state index is -0.298. The molecule has 1 atom stereocenters. The Hall–Kier alpha value is -2.24. The van der Waals surface area contributed by atoms with Gasteiger partial charge in [-0.05, 0) is 26.0 Å². The first-order valence-corrected chi connectivity index (χ1v) is 5.28. The first kappa shape index (κ1) is 11.3. The van der Waals surface area contributed by atoms with Crippen molar-refractivity contribution in [2.75, 3.05) is 5.32 Å². The Balaban J connectivity index is 1.90. The Labute approximate surface area is 98.4 Å². The second-order valence-corrected chi connectivity index (χ2v) is 3.76. The lowest BCUT2D eigenvalue weighted by atomic mass is 10.2. The molecule has 2 aromatic heterocycles. The average Bonchev–Trinajstić information content (AvgIpc) is 2.89. The van der Waals surface area contributed by atoms with Crippen molar-refractivity contribution in [1.82, 2.24) is 15.5 Å². The van der Waals surface area contributed by atoms with E-state index in [2.05, 4.69) is 20.8 Å². The van der Waals surface area contributed by atoms with E-state index in [4.69, 9.17) is 4.42 Å². The fraction of sp³-hybridized carbons (Fsp3) is 0.273. The Bertz CT molecular complexity index is 489. The van der Waals surface area contributed by atoms with Gasteiger partial charge in [0.2, 0.25) is 0 Å². The largest absolute Gasteiger partial charge is 0.464 e. The Kier molecular flexibility index (Phi) is 3.13. The smallest absolute Gasteiger partial charge is 0.319 e. The number of hydrogen-bond donors (Lipinski definition) is 3. The van der Waals surface area contributed by atoms with Crippen LogP contribution in [0.25, 0.3) is 0 Å².